The van der Waals surface area contributed by atoms with Crippen LogP contribution in [0.25, 0.3) is 11.4 Å². The van der Waals surface area contributed by atoms with E-state index in [9.17, 15) is 9.59 Å². The highest BCUT2D eigenvalue weighted by Crippen LogP contribution is 2.24. The van der Waals surface area contributed by atoms with Gasteiger partial charge >= 0.3 is 5.97 Å². The minimum atomic E-state index is -0.991. The molecule has 1 amide bonds. The molecule has 0 fully saturated rings. The quantitative estimate of drug-likeness (QED) is 0.327. The van der Waals surface area contributed by atoms with E-state index in [1.807, 2.05) is 42.7 Å². The van der Waals surface area contributed by atoms with Crippen molar-refractivity contribution in [2.75, 3.05) is 5.75 Å². The van der Waals surface area contributed by atoms with Crippen molar-refractivity contribution in [2.24, 2.45) is 5.10 Å². The number of aryl methyl sites for hydroxylation is 1. The summed E-state index contributed by atoms with van der Waals surface area (Å²) in [5.74, 6) is -0.361. The number of benzene rings is 2. The average molecular weight is 423 g/mol. The number of carbonyl (C=O) groups excluding carboxylic acids is 1. The van der Waals surface area contributed by atoms with E-state index in [1.165, 1.54) is 35.7 Å². The van der Waals surface area contributed by atoms with Crippen LogP contribution >= 0.6 is 11.8 Å². The van der Waals surface area contributed by atoms with Crippen molar-refractivity contribution < 1.29 is 14.7 Å². The van der Waals surface area contributed by atoms with Gasteiger partial charge in [-0.3, -0.25) is 4.79 Å². The monoisotopic (exact) mass is 423 g/mol. The van der Waals surface area contributed by atoms with Gasteiger partial charge in [0.25, 0.3) is 5.91 Å². The number of rotatable bonds is 8. The summed E-state index contributed by atoms with van der Waals surface area (Å²) in [6.07, 6.45) is 1.46. The van der Waals surface area contributed by atoms with Crippen LogP contribution in [-0.4, -0.2) is 43.7 Å². The van der Waals surface area contributed by atoms with Gasteiger partial charge in [-0.25, -0.2) is 10.2 Å². The lowest BCUT2D eigenvalue weighted by molar-refractivity contribution is -0.118. The van der Waals surface area contributed by atoms with E-state index in [2.05, 4.69) is 20.7 Å². The molecule has 0 atom stereocenters. The molecule has 0 unspecified atom stereocenters. The zero-order valence-corrected chi connectivity index (χ0v) is 17.4. The van der Waals surface area contributed by atoms with Crippen LogP contribution in [0.4, 0.5) is 0 Å². The van der Waals surface area contributed by atoms with Gasteiger partial charge in [0.2, 0.25) is 0 Å². The van der Waals surface area contributed by atoms with E-state index >= 15 is 0 Å². The van der Waals surface area contributed by atoms with Gasteiger partial charge in [-0.05, 0) is 31.5 Å². The number of nitrogens with zero attached hydrogens (tertiary/aromatic N) is 4. The number of hydrogen-bond acceptors (Lipinski definition) is 6. The standard InChI is InChI=1S/C21H21N5O3S/c1-3-26-19(16-8-4-14(2)5-9-16)24-25-21(26)30-13-18(27)23-22-12-15-6-10-17(11-7-15)20(28)29/h4-12H,3,13H2,1-2H3,(H,23,27)(H,28,29)/b22-12+. The number of aromatic nitrogens is 3. The normalized spacial score (nSPS) is 11.0. The van der Waals surface area contributed by atoms with E-state index in [1.54, 1.807) is 12.1 Å². The van der Waals surface area contributed by atoms with E-state index in [0.717, 1.165) is 11.4 Å². The molecule has 1 aromatic heterocycles. The van der Waals surface area contributed by atoms with Gasteiger partial charge in [0.15, 0.2) is 11.0 Å². The number of aromatic carboxylic acids is 1. The van der Waals surface area contributed by atoms with Gasteiger partial charge < -0.3 is 9.67 Å². The van der Waals surface area contributed by atoms with Crippen LogP contribution < -0.4 is 5.43 Å². The van der Waals surface area contributed by atoms with Crippen LogP contribution in [0.3, 0.4) is 0 Å². The summed E-state index contributed by atoms with van der Waals surface area (Å²) in [6, 6.07) is 14.2. The molecule has 0 spiro atoms. The van der Waals surface area contributed by atoms with Crippen LogP contribution in [-0.2, 0) is 11.3 Å². The Morgan fingerprint density at radius 2 is 1.83 bits per heavy atom. The molecule has 0 saturated carbocycles. The first-order chi connectivity index (χ1) is 14.5. The largest absolute Gasteiger partial charge is 0.478 e. The third-order valence-corrected chi connectivity index (χ3v) is 5.20. The van der Waals surface area contributed by atoms with Crippen molar-refractivity contribution in [1.29, 1.82) is 0 Å². The molecule has 154 valence electrons. The van der Waals surface area contributed by atoms with E-state index < -0.39 is 5.97 Å². The second-order valence-electron chi connectivity index (χ2n) is 6.43. The average Bonchev–Trinajstić information content (AvgIpc) is 3.16. The molecular weight excluding hydrogens is 402 g/mol. The highest BCUT2D eigenvalue weighted by Gasteiger charge is 2.14. The molecule has 0 radical (unpaired) electrons. The minimum absolute atomic E-state index is 0.140. The maximum Gasteiger partial charge on any atom is 0.335 e. The summed E-state index contributed by atoms with van der Waals surface area (Å²) >= 11 is 1.29. The predicted molar refractivity (Wildman–Crippen MR) is 116 cm³/mol. The first-order valence-electron chi connectivity index (χ1n) is 9.26. The lowest BCUT2D eigenvalue weighted by Crippen LogP contribution is -2.20. The van der Waals surface area contributed by atoms with E-state index in [0.29, 0.717) is 17.3 Å². The molecule has 0 aliphatic heterocycles. The topological polar surface area (TPSA) is 109 Å². The molecule has 2 aromatic carbocycles. The molecule has 0 bridgehead atoms. The van der Waals surface area contributed by atoms with Crippen molar-refractivity contribution >= 4 is 29.9 Å². The Labute approximate surface area is 178 Å². The highest BCUT2D eigenvalue weighted by atomic mass is 32.2. The third kappa shape index (κ3) is 5.32. The Morgan fingerprint density at radius 1 is 1.13 bits per heavy atom. The molecular formula is C21H21N5O3S. The Hall–Kier alpha value is -3.46. The van der Waals surface area contributed by atoms with Crippen LogP contribution in [0, 0.1) is 6.92 Å². The molecule has 9 heteroatoms. The molecule has 30 heavy (non-hydrogen) atoms. The summed E-state index contributed by atoms with van der Waals surface area (Å²) in [4.78, 5) is 22.9. The Balaban J connectivity index is 1.57. The van der Waals surface area contributed by atoms with Crippen LogP contribution in [0.1, 0.15) is 28.4 Å². The highest BCUT2D eigenvalue weighted by molar-refractivity contribution is 7.99. The lowest BCUT2D eigenvalue weighted by atomic mass is 10.1. The number of amides is 1. The molecule has 3 aromatic rings. The second kappa shape index (κ2) is 9.84. The van der Waals surface area contributed by atoms with Crippen molar-refractivity contribution in [2.45, 2.75) is 25.5 Å². The number of nitrogens with one attached hydrogen (secondary N) is 1. The molecule has 3 rings (SSSR count). The first-order valence-corrected chi connectivity index (χ1v) is 10.2. The summed E-state index contributed by atoms with van der Waals surface area (Å²) < 4.78 is 1.97. The van der Waals surface area contributed by atoms with Gasteiger partial charge in [0, 0.05) is 12.1 Å². The Bertz CT molecular complexity index is 1060. The molecule has 2 N–H and O–H groups in total. The summed E-state index contributed by atoms with van der Waals surface area (Å²) in [5, 5.41) is 21.9. The zero-order valence-electron chi connectivity index (χ0n) is 16.6. The molecule has 8 nitrogen and oxygen atoms in total. The van der Waals surface area contributed by atoms with Gasteiger partial charge in [0.05, 0.1) is 17.5 Å². The predicted octanol–water partition coefficient (Wildman–Crippen LogP) is 3.21. The van der Waals surface area contributed by atoms with Crippen molar-refractivity contribution in [3.8, 4) is 11.4 Å². The smallest absolute Gasteiger partial charge is 0.335 e. The fraction of sp³-hybridized carbons (Fsp3) is 0.190. The summed E-state index contributed by atoms with van der Waals surface area (Å²) in [6.45, 7) is 4.72. The number of hydrazone groups is 1. The van der Waals surface area contributed by atoms with Crippen LogP contribution in [0.2, 0.25) is 0 Å². The van der Waals surface area contributed by atoms with Gasteiger partial charge in [-0.1, -0.05) is 53.7 Å². The fourth-order valence-corrected chi connectivity index (χ4v) is 3.44. The number of carbonyl (C=O) groups is 2. The van der Waals surface area contributed by atoms with Crippen molar-refractivity contribution in [3.05, 3.63) is 65.2 Å². The summed E-state index contributed by atoms with van der Waals surface area (Å²) in [7, 11) is 0. The molecule has 1 heterocycles. The third-order valence-electron chi connectivity index (χ3n) is 4.24. The van der Waals surface area contributed by atoms with E-state index in [-0.39, 0.29) is 17.2 Å². The number of thioether (sulfide) groups is 1. The maximum absolute atomic E-state index is 12.1. The minimum Gasteiger partial charge on any atom is -0.478 e. The Kier molecular flexibility index (Phi) is 6.97. The maximum atomic E-state index is 12.1. The lowest BCUT2D eigenvalue weighted by Gasteiger charge is -2.07. The number of carboxylic acid groups (broad SMARTS) is 1. The zero-order chi connectivity index (χ0) is 21.5. The van der Waals surface area contributed by atoms with Gasteiger partial charge in [-0.2, -0.15) is 5.10 Å². The molecule has 0 aliphatic carbocycles. The fourth-order valence-electron chi connectivity index (χ4n) is 2.65. The SMILES string of the molecule is CCn1c(SCC(=O)N/N=C/c2ccc(C(=O)O)cc2)nnc1-c1ccc(C)cc1. The van der Waals surface area contributed by atoms with Crippen molar-refractivity contribution in [3.63, 3.8) is 0 Å². The second-order valence-corrected chi connectivity index (χ2v) is 7.37. The van der Waals surface area contributed by atoms with Crippen LogP contribution in [0.5, 0.6) is 0 Å². The van der Waals surface area contributed by atoms with Crippen molar-refractivity contribution in [1.82, 2.24) is 20.2 Å². The Morgan fingerprint density at radius 3 is 2.47 bits per heavy atom. The number of hydrogen-bond donors (Lipinski definition) is 2. The summed E-state index contributed by atoms with van der Waals surface area (Å²) in [5.41, 5.74) is 5.48. The first kappa shape index (κ1) is 21.3. The van der Waals surface area contributed by atoms with Gasteiger partial charge in [0.1, 0.15) is 0 Å². The number of carboxylic acids is 1. The van der Waals surface area contributed by atoms with E-state index in [4.69, 9.17) is 5.11 Å². The molecule has 0 saturated heterocycles. The van der Waals surface area contributed by atoms with Gasteiger partial charge in [-0.15, -0.1) is 10.2 Å². The van der Waals surface area contributed by atoms with Crippen LogP contribution in [0.15, 0.2) is 58.8 Å². The molecule has 0 aliphatic rings.